The van der Waals surface area contributed by atoms with Crippen LogP contribution in [0.15, 0.2) is 60.7 Å². The Balaban J connectivity index is 1.51. The molecule has 1 N–H and O–H groups in total. The molecule has 2 heteroatoms. The fourth-order valence-electron chi connectivity index (χ4n) is 3.81. The number of benzene rings is 2. The number of nitrogens with zero attached hydrogens (tertiary/aromatic N) is 1. The second-order valence-corrected chi connectivity index (χ2v) is 6.69. The average molecular weight is 304 g/mol. The van der Waals surface area contributed by atoms with Gasteiger partial charge in [-0.25, -0.2) is 0 Å². The molecule has 1 aliphatic heterocycles. The van der Waals surface area contributed by atoms with E-state index in [4.69, 9.17) is 0 Å². The van der Waals surface area contributed by atoms with Crippen LogP contribution in [0.25, 0.3) is 10.9 Å². The molecular formula is C21H24N2. The molecule has 0 spiro atoms. The summed E-state index contributed by atoms with van der Waals surface area (Å²) in [5, 5.41) is 1.33. The lowest BCUT2D eigenvalue weighted by atomic mass is 9.97. The van der Waals surface area contributed by atoms with Crippen LogP contribution in [0.4, 0.5) is 0 Å². The van der Waals surface area contributed by atoms with Crippen molar-refractivity contribution >= 4 is 10.9 Å². The zero-order valence-electron chi connectivity index (χ0n) is 13.5. The molecule has 0 bridgehead atoms. The first-order valence-corrected chi connectivity index (χ1v) is 8.73. The Kier molecular flexibility index (Phi) is 4.16. The zero-order valence-corrected chi connectivity index (χ0v) is 13.5. The molecule has 2 aromatic carbocycles. The highest BCUT2D eigenvalue weighted by Gasteiger charge is 2.23. The number of hydrogen-bond donors (Lipinski definition) is 1. The Bertz CT molecular complexity index is 727. The Morgan fingerprint density at radius 2 is 1.78 bits per heavy atom. The molecule has 2 nitrogen and oxygen atoms in total. The molecule has 0 amide bonds. The van der Waals surface area contributed by atoms with E-state index in [0.29, 0.717) is 6.04 Å². The van der Waals surface area contributed by atoms with Crippen molar-refractivity contribution in [2.75, 3.05) is 6.54 Å². The number of nitrogens with one attached hydrogen (secondary N) is 1. The molecule has 1 unspecified atom stereocenters. The average Bonchev–Trinajstić information content (AvgIpc) is 3.00. The Labute approximate surface area is 138 Å². The van der Waals surface area contributed by atoms with Crippen molar-refractivity contribution in [1.29, 1.82) is 0 Å². The summed E-state index contributed by atoms with van der Waals surface area (Å²) in [7, 11) is 0. The van der Waals surface area contributed by atoms with Crippen LogP contribution < -0.4 is 0 Å². The monoisotopic (exact) mass is 304 g/mol. The summed E-state index contributed by atoms with van der Waals surface area (Å²) in [6.45, 7) is 2.30. The summed E-state index contributed by atoms with van der Waals surface area (Å²) >= 11 is 0. The van der Waals surface area contributed by atoms with Crippen LogP contribution in [-0.2, 0) is 13.0 Å². The van der Waals surface area contributed by atoms with Gasteiger partial charge in [0.2, 0.25) is 0 Å². The third kappa shape index (κ3) is 3.32. The van der Waals surface area contributed by atoms with Crippen LogP contribution >= 0.6 is 0 Å². The summed E-state index contributed by atoms with van der Waals surface area (Å²) in [6, 6.07) is 22.4. The SMILES string of the molecule is c1ccc(CN2CCCCC2Cc2cc3ccccc3[nH]2)cc1. The van der Waals surface area contributed by atoms with Crippen molar-refractivity contribution in [3.8, 4) is 0 Å². The van der Waals surface area contributed by atoms with Crippen molar-refractivity contribution in [1.82, 2.24) is 9.88 Å². The maximum absolute atomic E-state index is 3.60. The quantitative estimate of drug-likeness (QED) is 0.736. The van der Waals surface area contributed by atoms with Gasteiger partial charge in [0.15, 0.2) is 0 Å². The molecule has 1 atom stereocenters. The number of piperidine rings is 1. The highest BCUT2D eigenvalue weighted by molar-refractivity contribution is 5.80. The summed E-state index contributed by atoms with van der Waals surface area (Å²) in [5.74, 6) is 0. The van der Waals surface area contributed by atoms with Gasteiger partial charge in [0.05, 0.1) is 0 Å². The van der Waals surface area contributed by atoms with Crippen molar-refractivity contribution < 1.29 is 0 Å². The van der Waals surface area contributed by atoms with Gasteiger partial charge in [-0.05, 0) is 42.5 Å². The van der Waals surface area contributed by atoms with E-state index < -0.39 is 0 Å². The lowest BCUT2D eigenvalue weighted by Gasteiger charge is -2.35. The van der Waals surface area contributed by atoms with Gasteiger partial charge in [0.25, 0.3) is 0 Å². The number of H-pyrrole nitrogens is 1. The van der Waals surface area contributed by atoms with Gasteiger partial charge in [-0.2, -0.15) is 0 Å². The second kappa shape index (κ2) is 6.59. The third-order valence-corrected chi connectivity index (χ3v) is 5.02. The molecule has 1 aliphatic rings. The van der Waals surface area contributed by atoms with Crippen LogP contribution in [-0.4, -0.2) is 22.5 Å². The number of likely N-dealkylation sites (tertiary alicyclic amines) is 1. The van der Waals surface area contributed by atoms with E-state index in [0.717, 1.165) is 13.0 Å². The number of rotatable bonds is 4. The van der Waals surface area contributed by atoms with Gasteiger partial charge < -0.3 is 4.98 Å². The van der Waals surface area contributed by atoms with E-state index >= 15 is 0 Å². The van der Waals surface area contributed by atoms with Gasteiger partial charge in [0, 0.05) is 30.2 Å². The van der Waals surface area contributed by atoms with Crippen LogP contribution in [0.5, 0.6) is 0 Å². The van der Waals surface area contributed by atoms with E-state index in [9.17, 15) is 0 Å². The van der Waals surface area contributed by atoms with E-state index in [2.05, 4.69) is 70.5 Å². The van der Waals surface area contributed by atoms with Gasteiger partial charge in [-0.1, -0.05) is 55.0 Å². The second-order valence-electron chi connectivity index (χ2n) is 6.69. The van der Waals surface area contributed by atoms with Gasteiger partial charge in [-0.3, -0.25) is 4.90 Å². The number of aromatic nitrogens is 1. The van der Waals surface area contributed by atoms with Crippen LogP contribution in [0.2, 0.25) is 0 Å². The third-order valence-electron chi connectivity index (χ3n) is 5.02. The van der Waals surface area contributed by atoms with Crippen molar-refractivity contribution in [2.24, 2.45) is 0 Å². The highest BCUT2D eigenvalue weighted by atomic mass is 15.2. The molecule has 23 heavy (non-hydrogen) atoms. The summed E-state index contributed by atoms with van der Waals surface area (Å²) in [6.07, 6.45) is 5.12. The van der Waals surface area contributed by atoms with Crippen molar-refractivity contribution in [2.45, 2.75) is 38.3 Å². The molecule has 1 saturated heterocycles. The normalized spacial score (nSPS) is 19.2. The Morgan fingerprint density at radius 3 is 2.65 bits per heavy atom. The summed E-state index contributed by atoms with van der Waals surface area (Å²) < 4.78 is 0. The minimum absolute atomic E-state index is 0.650. The van der Waals surface area contributed by atoms with Crippen LogP contribution in [0, 0.1) is 0 Å². The minimum Gasteiger partial charge on any atom is -0.358 e. The first-order chi connectivity index (χ1) is 11.4. The topological polar surface area (TPSA) is 19.0 Å². The largest absolute Gasteiger partial charge is 0.358 e. The smallest absolute Gasteiger partial charge is 0.0456 e. The Morgan fingerprint density at radius 1 is 0.957 bits per heavy atom. The Hall–Kier alpha value is -2.06. The van der Waals surface area contributed by atoms with Crippen molar-refractivity contribution in [3.05, 3.63) is 71.9 Å². The summed E-state index contributed by atoms with van der Waals surface area (Å²) in [5.41, 5.74) is 4.06. The molecule has 0 aliphatic carbocycles. The standard InChI is InChI=1S/C21H24N2/c1-2-8-17(9-3-1)16-23-13-7-6-11-20(23)15-19-14-18-10-4-5-12-21(18)22-19/h1-5,8-10,12,14,20,22H,6-7,11,13,15-16H2. The fraction of sp³-hybridized carbons (Fsp3) is 0.333. The number of aromatic amines is 1. The molecule has 1 fully saturated rings. The van der Waals surface area contributed by atoms with E-state index in [-0.39, 0.29) is 0 Å². The zero-order chi connectivity index (χ0) is 15.5. The van der Waals surface area contributed by atoms with Gasteiger partial charge in [-0.15, -0.1) is 0 Å². The molecule has 118 valence electrons. The maximum atomic E-state index is 3.60. The molecular weight excluding hydrogens is 280 g/mol. The maximum Gasteiger partial charge on any atom is 0.0456 e. The first kappa shape index (κ1) is 14.5. The van der Waals surface area contributed by atoms with Gasteiger partial charge >= 0.3 is 0 Å². The summed E-state index contributed by atoms with van der Waals surface area (Å²) in [4.78, 5) is 6.27. The predicted octanol–water partition coefficient (Wildman–Crippen LogP) is 4.77. The number of para-hydroxylation sites is 1. The predicted molar refractivity (Wildman–Crippen MR) is 96.5 cm³/mol. The molecule has 1 aromatic heterocycles. The molecule has 4 rings (SSSR count). The molecule has 2 heterocycles. The lowest BCUT2D eigenvalue weighted by Crippen LogP contribution is -2.40. The fourth-order valence-corrected chi connectivity index (χ4v) is 3.81. The lowest BCUT2D eigenvalue weighted by molar-refractivity contribution is 0.138. The molecule has 0 saturated carbocycles. The van der Waals surface area contributed by atoms with E-state index in [1.54, 1.807) is 0 Å². The highest BCUT2D eigenvalue weighted by Crippen LogP contribution is 2.24. The molecule has 3 aromatic rings. The van der Waals surface area contributed by atoms with Gasteiger partial charge in [0.1, 0.15) is 0 Å². The number of fused-ring (bicyclic) bond motifs is 1. The first-order valence-electron chi connectivity index (χ1n) is 8.73. The van der Waals surface area contributed by atoms with Crippen LogP contribution in [0.3, 0.4) is 0 Å². The minimum atomic E-state index is 0.650. The van der Waals surface area contributed by atoms with E-state index in [1.165, 1.54) is 48.0 Å². The number of hydrogen-bond acceptors (Lipinski definition) is 1. The molecule has 0 radical (unpaired) electrons. The van der Waals surface area contributed by atoms with E-state index in [1.807, 2.05) is 0 Å². The van der Waals surface area contributed by atoms with Crippen molar-refractivity contribution in [3.63, 3.8) is 0 Å². The van der Waals surface area contributed by atoms with Crippen LogP contribution in [0.1, 0.15) is 30.5 Å².